The average molecular weight is 343 g/mol. The van der Waals surface area contributed by atoms with E-state index in [1.165, 1.54) is 0 Å². The van der Waals surface area contributed by atoms with Gasteiger partial charge >= 0.3 is 12.1 Å². The Morgan fingerprint density at radius 1 is 1.17 bits per heavy atom. The molecule has 0 saturated heterocycles. The van der Waals surface area contributed by atoms with Crippen molar-refractivity contribution in [1.82, 2.24) is 5.32 Å². The molecule has 1 aromatic rings. The first kappa shape index (κ1) is 19.5. The topological polar surface area (TPSA) is 92.7 Å². The van der Waals surface area contributed by atoms with Crippen molar-refractivity contribution < 1.29 is 33.0 Å². The minimum atomic E-state index is -1.37. The van der Waals surface area contributed by atoms with Crippen molar-refractivity contribution in [2.24, 2.45) is 0 Å². The molecule has 6 nitrogen and oxygen atoms in total. The van der Waals surface area contributed by atoms with E-state index in [1.54, 1.807) is 20.8 Å². The van der Waals surface area contributed by atoms with E-state index < -0.39 is 47.5 Å². The van der Waals surface area contributed by atoms with Gasteiger partial charge in [-0.15, -0.1) is 0 Å². The quantitative estimate of drug-likeness (QED) is 0.774. The Morgan fingerprint density at radius 3 is 2.17 bits per heavy atom. The molecule has 0 aliphatic heterocycles. The normalized spacial score (nSPS) is 12.4. The van der Waals surface area contributed by atoms with Crippen LogP contribution >= 0.6 is 0 Å². The summed E-state index contributed by atoms with van der Waals surface area (Å²) < 4.78 is 31.5. The lowest BCUT2D eigenvalue weighted by molar-refractivity contribution is -0.140. The summed E-state index contributed by atoms with van der Waals surface area (Å²) in [6.07, 6.45) is -2.03. The van der Waals surface area contributed by atoms with E-state index >= 15 is 0 Å². The number of amides is 1. The third-order valence-electron chi connectivity index (χ3n) is 2.77. The van der Waals surface area contributed by atoms with Crippen LogP contribution in [0.5, 0.6) is 0 Å². The van der Waals surface area contributed by atoms with Crippen molar-refractivity contribution in [1.29, 1.82) is 0 Å². The highest BCUT2D eigenvalue weighted by Gasteiger charge is 2.26. The van der Waals surface area contributed by atoms with Crippen molar-refractivity contribution >= 4 is 17.8 Å². The number of aliphatic carboxylic acids is 1. The smallest absolute Gasteiger partial charge is 0.408 e. The fraction of sp³-hybridized carbons (Fsp3) is 0.438. The number of carbonyl (C=O) groups is 3. The van der Waals surface area contributed by atoms with Crippen molar-refractivity contribution in [2.45, 2.75) is 45.3 Å². The Labute approximate surface area is 137 Å². The zero-order valence-electron chi connectivity index (χ0n) is 13.6. The lowest BCUT2D eigenvalue weighted by Crippen LogP contribution is -2.45. The summed E-state index contributed by atoms with van der Waals surface area (Å²) in [6, 6.07) is 1.39. The molecule has 0 radical (unpaired) electrons. The van der Waals surface area contributed by atoms with Crippen LogP contribution in [0, 0.1) is 11.6 Å². The number of alkyl carbamates (subject to hydrolysis) is 1. The van der Waals surface area contributed by atoms with E-state index in [-0.39, 0.29) is 12.0 Å². The predicted molar refractivity (Wildman–Crippen MR) is 80.5 cm³/mol. The van der Waals surface area contributed by atoms with E-state index in [9.17, 15) is 23.2 Å². The van der Waals surface area contributed by atoms with Crippen LogP contribution in [0.4, 0.5) is 13.6 Å². The van der Waals surface area contributed by atoms with E-state index in [4.69, 9.17) is 9.84 Å². The largest absolute Gasteiger partial charge is 0.481 e. The van der Waals surface area contributed by atoms with Gasteiger partial charge in [-0.3, -0.25) is 9.59 Å². The van der Waals surface area contributed by atoms with E-state index in [2.05, 4.69) is 5.32 Å². The monoisotopic (exact) mass is 343 g/mol. The molecule has 0 heterocycles. The minimum absolute atomic E-state index is 0.104. The molecule has 132 valence electrons. The first-order valence-electron chi connectivity index (χ1n) is 7.15. The third-order valence-corrected chi connectivity index (χ3v) is 2.77. The van der Waals surface area contributed by atoms with Crippen molar-refractivity contribution in [2.75, 3.05) is 0 Å². The minimum Gasteiger partial charge on any atom is -0.481 e. The maximum Gasteiger partial charge on any atom is 0.408 e. The number of Topliss-reactive ketones (excluding diaryl/α,β-unsaturated/α-hetero) is 1. The van der Waals surface area contributed by atoms with E-state index in [0.717, 1.165) is 12.1 Å². The number of carboxylic acids is 1. The molecule has 1 amide bonds. The molecular formula is C16H19F2NO5. The van der Waals surface area contributed by atoms with E-state index in [0.29, 0.717) is 6.07 Å². The highest BCUT2D eigenvalue weighted by atomic mass is 19.1. The van der Waals surface area contributed by atoms with Gasteiger partial charge in [-0.1, -0.05) is 0 Å². The molecule has 1 atom stereocenters. The molecule has 0 aliphatic rings. The summed E-state index contributed by atoms with van der Waals surface area (Å²) in [7, 11) is 0. The van der Waals surface area contributed by atoms with Crippen LogP contribution in [0.1, 0.15) is 32.8 Å². The van der Waals surface area contributed by atoms with Gasteiger partial charge in [-0.25, -0.2) is 13.6 Å². The second kappa shape index (κ2) is 7.85. The molecule has 1 unspecified atom stereocenters. The molecule has 0 aliphatic carbocycles. The number of rotatable bonds is 6. The number of hydrogen-bond donors (Lipinski definition) is 2. The van der Waals surface area contributed by atoms with Crippen LogP contribution in [0.15, 0.2) is 18.2 Å². The van der Waals surface area contributed by atoms with Crippen molar-refractivity contribution in [3.63, 3.8) is 0 Å². The zero-order valence-corrected chi connectivity index (χ0v) is 13.6. The molecular weight excluding hydrogens is 324 g/mol. The Bertz CT molecular complexity index is 620. The highest BCUT2D eigenvalue weighted by molar-refractivity contribution is 5.99. The summed E-state index contributed by atoms with van der Waals surface area (Å²) in [6.45, 7) is 4.84. The molecule has 1 aromatic carbocycles. The van der Waals surface area contributed by atoms with Gasteiger partial charge in [0.1, 0.15) is 23.7 Å². The summed E-state index contributed by atoms with van der Waals surface area (Å²) in [5, 5.41) is 11.0. The van der Waals surface area contributed by atoms with Gasteiger partial charge in [0.2, 0.25) is 0 Å². The number of nitrogens with one attached hydrogen (secondary N) is 1. The summed E-state index contributed by atoms with van der Waals surface area (Å²) in [5.41, 5.74) is -0.720. The number of ether oxygens (including phenoxy) is 1. The Balaban J connectivity index is 2.94. The first-order valence-corrected chi connectivity index (χ1v) is 7.15. The number of benzene rings is 1. The van der Waals surface area contributed by atoms with Gasteiger partial charge in [0.05, 0.1) is 6.04 Å². The Hall–Kier alpha value is -2.51. The van der Waals surface area contributed by atoms with Crippen LogP contribution in [-0.4, -0.2) is 34.6 Å². The molecule has 0 aromatic heterocycles. The SMILES string of the molecule is CC(C)(C)OC(=O)NC(Cc1cc(F)cc(F)c1)C(=O)CC(=O)O. The fourth-order valence-electron chi connectivity index (χ4n) is 1.93. The van der Waals surface area contributed by atoms with Crippen molar-refractivity contribution in [3.05, 3.63) is 35.4 Å². The van der Waals surface area contributed by atoms with Crippen LogP contribution in [0.3, 0.4) is 0 Å². The standard InChI is InChI=1S/C16H19F2NO5/c1-16(2,3)24-15(23)19-12(13(20)8-14(21)22)6-9-4-10(17)7-11(18)5-9/h4-5,7,12H,6,8H2,1-3H3,(H,19,23)(H,21,22). The highest BCUT2D eigenvalue weighted by Crippen LogP contribution is 2.13. The molecule has 24 heavy (non-hydrogen) atoms. The summed E-state index contributed by atoms with van der Waals surface area (Å²) >= 11 is 0. The van der Waals surface area contributed by atoms with Gasteiger partial charge in [-0.2, -0.15) is 0 Å². The molecule has 0 bridgehead atoms. The number of hydrogen-bond acceptors (Lipinski definition) is 4. The van der Waals surface area contributed by atoms with E-state index in [1.807, 2.05) is 0 Å². The maximum absolute atomic E-state index is 13.2. The van der Waals surface area contributed by atoms with Crippen LogP contribution in [0.25, 0.3) is 0 Å². The number of carbonyl (C=O) groups excluding carboxylic acids is 2. The molecule has 0 spiro atoms. The third kappa shape index (κ3) is 7.17. The van der Waals surface area contributed by atoms with Gasteiger partial charge < -0.3 is 15.2 Å². The van der Waals surface area contributed by atoms with Crippen molar-refractivity contribution in [3.8, 4) is 0 Å². The Morgan fingerprint density at radius 2 is 1.71 bits per heavy atom. The molecule has 0 fully saturated rings. The van der Waals surface area contributed by atoms with Gasteiger partial charge in [0.25, 0.3) is 0 Å². The first-order chi connectivity index (χ1) is 11.0. The second-order valence-corrected chi connectivity index (χ2v) is 6.22. The summed E-state index contributed by atoms with van der Waals surface area (Å²) in [5.74, 6) is -3.86. The molecule has 8 heteroatoms. The maximum atomic E-state index is 13.2. The van der Waals surface area contributed by atoms with Crippen LogP contribution in [0.2, 0.25) is 0 Å². The number of carboxylic acid groups (broad SMARTS) is 1. The molecule has 2 N–H and O–H groups in total. The zero-order chi connectivity index (χ0) is 18.5. The average Bonchev–Trinajstić information content (AvgIpc) is 2.33. The van der Waals surface area contributed by atoms with Gasteiger partial charge in [-0.05, 0) is 38.5 Å². The van der Waals surface area contributed by atoms with Gasteiger partial charge in [0.15, 0.2) is 5.78 Å². The summed E-state index contributed by atoms with van der Waals surface area (Å²) in [4.78, 5) is 34.5. The molecule has 0 saturated carbocycles. The van der Waals surface area contributed by atoms with Gasteiger partial charge in [0, 0.05) is 12.5 Å². The van der Waals surface area contributed by atoms with Crippen LogP contribution < -0.4 is 5.32 Å². The lowest BCUT2D eigenvalue weighted by Gasteiger charge is -2.23. The Kier molecular flexibility index (Phi) is 6.39. The van der Waals surface area contributed by atoms with Crippen LogP contribution in [-0.2, 0) is 20.7 Å². The predicted octanol–water partition coefficient (Wildman–Crippen LogP) is 2.44. The second-order valence-electron chi connectivity index (χ2n) is 6.22. The lowest BCUT2D eigenvalue weighted by atomic mass is 10.0. The number of ketones is 1. The number of halogens is 2. The fourth-order valence-corrected chi connectivity index (χ4v) is 1.93. The molecule has 1 rings (SSSR count).